The second kappa shape index (κ2) is 8.12. The Morgan fingerprint density at radius 2 is 1.96 bits per heavy atom. The number of aliphatic hydroxyl groups is 2. The summed E-state index contributed by atoms with van der Waals surface area (Å²) in [6, 6.07) is 0. The van der Waals surface area contributed by atoms with Gasteiger partial charge < -0.3 is 19.8 Å². The highest BCUT2D eigenvalue weighted by molar-refractivity contribution is 7.50. The van der Waals surface area contributed by atoms with Crippen LogP contribution in [0.15, 0.2) is 5.11 Å². The maximum atomic E-state index is 12.2. The van der Waals surface area contributed by atoms with Crippen LogP contribution in [0.1, 0.15) is 52.9 Å². The van der Waals surface area contributed by atoms with E-state index >= 15 is 0 Å². The van der Waals surface area contributed by atoms with Crippen LogP contribution in [-0.2, 0) is 13.8 Å². The van der Waals surface area contributed by atoms with E-state index in [4.69, 9.17) is 14.8 Å². The Morgan fingerprint density at radius 3 is 2.50 bits per heavy atom. The molecular formula is C15H29N4O6P. The van der Waals surface area contributed by atoms with Gasteiger partial charge in [0.25, 0.3) is 0 Å². The van der Waals surface area contributed by atoms with Crippen LogP contribution in [0, 0.1) is 5.92 Å². The van der Waals surface area contributed by atoms with Crippen LogP contribution in [0.4, 0.5) is 0 Å². The molecular weight excluding hydrogens is 363 g/mol. The Bertz CT molecular complexity index is 587. The highest BCUT2D eigenvalue weighted by Crippen LogP contribution is 2.45. The van der Waals surface area contributed by atoms with Crippen molar-refractivity contribution in [3.8, 4) is 0 Å². The Kier molecular flexibility index (Phi) is 6.75. The molecule has 1 unspecified atom stereocenters. The molecule has 1 heterocycles. The second-order valence-corrected chi connectivity index (χ2v) is 9.63. The molecule has 5 atom stereocenters. The summed E-state index contributed by atoms with van der Waals surface area (Å²) in [6.07, 6.45) is 1.25. The van der Waals surface area contributed by atoms with Crippen LogP contribution in [0.25, 0.3) is 10.4 Å². The van der Waals surface area contributed by atoms with Crippen LogP contribution in [-0.4, -0.2) is 51.3 Å². The largest absolute Gasteiger partial charge is 0.403 e. The molecule has 1 saturated carbocycles. The number of nitrogens with zero attached hydrogens (tertiary/aromatic N) is 3. The Labute approximate surface area is 153 Å². The third kappa shape index (κ3) is 5.18. The number of hydrogen-bond donors (Lipinski definition) is 4. The molecule has 0 aromatic rings. The Balaban J connectivity index is 2.15. The Hall–Kier alpha value is -0.700. The molecule has 1 aliphatic heterocycles. The van der Waals surface area contributed by atoms with Crippen molar-refractivity contribution in [2.45, 2.75) is 82.5 Å². The van der Waals surface area contributed by atoms with E-state index in [0.29, 0.717) is 0 Å². The average Bonchev–Trinajstić information content (AvgIpc) is 2.78. The lowest BCUT2D eigenvalue weighted by Gasteiger charge is -2.31. The number of rotatable bonds is 6. The van der Waals surface area contributed by atoms with Gasteiger partial charge in [-0.2, -0.15) is 0 Å². The van der Waals surface area contributed by atoms with Crippen molar-refractivity contribution in [2.75, 3.05) is 6.61 Å². The third-order valence-corrected chi connectivity index (χ3v) is 6.15. The average molecular weight is 392 g/mol. The van der Waals surface area contributed by atoms with Gasteiger partial charge in [-0.15, -0.1) is 0 Å². The first-order valence-electron chi connectivity index (χ1n) is 8.87. The third-order valence-electron chi connectivity index (χ3n) is 4.71. The van der Waals surface area contributed by atoms with E-state index < -0.39 is 43.9 Å². The SMILES string of the molecule is CC(C)(C)NP(=O)(O)OC[C@@]1(N=[N+]=[N-])O[C@@H](C2CCCCC2)[C@H](O)[C@@H]1O. The zero-order valence-corrected chi connectivity index (χ0v) is 16.3. The molecule has 150 valence electrons. The van der Waals surface area contributed by atoms with Crippen LogP contribution < -0.4 is 5.09 Å². The topological polar surface area (TPSA) is 157 Å². The summed E-state index contributed by atoms with van der Waals surface area (Å²) >= 11 is 0. The first-order valence-corrected chi connectivity index (χ1v) is 10.4. The van der Waals surface area contributed by atoms with Gasteiger partial charge in [-0.3, -0.25) is 4.52 Å². The monoisotopic (exact) mass is 392 g/mol. The van der Waals surface area contributed by atoms with Gasteiger partial charge in [0, 0.05) is 10.5 Å². The van der Waals surface area contributed by atoms with E-state index in [-0.39, 0.29) is 5.92 Å². The van der Waals surface area contributed by atoms with E-state index in [2.05, 4.69) is 15.1 Å². The first-order chi connectivity index (χ1) is 12.0. The summed E-state index contributed by atoms with van der Waals surface area (Å²) in [4.78, 5) is 12.6. The van der Waals surface area contributed by atoms with Gasteiger partial charge in [-0.25, -0.2) is 9.65 Å². The first kappa shape index (κ1) is 21.6. The van der Waals surface area contributed by atoms with Crippen molar-refractivity contribution in [2.24, 2.45) is 11.0 Å². The number of hydrogen-bond acceptors (Lipinski definition) is 6. The minimum atomic E-state index is -4.24. The van der Waals surface area contributed by atoms with E-state index in [9.17, 15) is 19.7 Å². The van der Waals surface area contributed by atoms with Gasteiger partial charge >= 0.3 is 7.75 Å². The quantitative estimate of drug-likeness (QED) is 0.233. The van der Waals surface area contributed by atoms with E-state index in [1.165, 1.54) is 0 Å². The lowest BCUT2D eigenvalue weighted by atomic mass is 9.83. The molecule has 10 nitrogen and oxygen atoms in total. The molecule has 2 fully saturated rings. The van der Waals surface area contributed by atoms with Crippen molar-refractivity contribution in [3.63, 3.8) is 0 Å². The zero-order chi connectivity index (χ0) is 19.6. The number of ether oxygens (including phenoxy) is 1. The molecule has 0 spiro atoms. The number of aliphatic hydroxyl groups excluding tert-OH is 2. The van der Waals surface area contributed by atoms with E-state index in [0.717, 1.165) is 32.1 Å². The summed E-state index contributed by atoms with van der Waals surface area (Å²) in [7, 11) is -4.24. The fourth-order valence-electron chi connectivity index (χ4n) is 3.60. The zero-order valence-electron chi connectivity index (χ0n) is 15.4. The summed E-state index contributed by atoms with van der Waals surface area (Å²) in [5.41, 5.74) is 6.24. The molecule has 11 heteroatoms. The van der Waals surface area contributed by atoms with Crippen LogP contribution >= 0.6 is 7.75 Å². The second-order valence-electron chi connectivity index (χ2n) is 8.11. The fourth-order valence-corrected chi connectivity index (χ4v) is 4.87. The van der Waals surface area contributed by atoms with Gasteiger partial charge in [-0.05, 0) is 45.1 Å². The molecule has 0 radical (unpaired) electrons. The molecule has 4 N–H and O–H groups in total. The molecule has 1 saturated heterocycles. The Morgan fingerprint density at radius 1 is 1.35 bits per heavy atom. The predicted octanol–water partition coefficient (Wildman–Crippen LogP) is 2.20. The van der Waals surface area contributed by atoms with Gasteiger partial charge in [0.05, 0.1) is 12.7 Å². The summed E-state index contributed by atoms with van der Waals surface area (Å²) in [5.74, 6) is 0.0257. The minimum Gasteiger partial charge on any atom is -0.388 e. The molecule has 0 aromatic heterocycles. The van der Waals surface area contributed by atoms with Gasteiger partial charge in [0.15, 0.2) is 5.72 Å². The molecule has 2 aliphatic rings. The standard InChI is InChI=1S/C15H29N4O6P/c1-14(2,3)18-26(22,23)24-9-15(17-19-16)13(21)11(20)12(25-15)10-7-5-4-6-8-10/h10-13,20-21H,4-9H2,1-3H3,(H2,18,22,23)/t11-,12-,13-,15+/m0/s1. The minimum absolute atomic E-state index is 0.0257. The molecule has 2 rings (SSSR count). The van der Waals surface area contributed by atoms with Crippen molar-refractivity contribution in [1.29, 1.82) is 0 Å². The maximum absolute atomic E-state index is 12.2. The molecule has 26 heavy (non-hydrogen) atoms. The predicted molar refractivity (Wildman–Crippen MR) is 94.0 cm³/mol. The van der Waals surface area contributed by atoms with Gasteiger partial charge in [0.2, 0.25) is 0 Å². The summed E-state index contributed by atoms with van der Waals surface area (Å²) < 4.78 is 23.0. The number of nitrogens with one attached hydrogen (secondary N) is 1. The molecule has 1 aliphatic carbocycles. The van der Waals surface area contributed by atoms with E-state index in [1.54, 1.807) is 20.8 Å². The molecule has 0 amide bonds. The van der Waals surface area contributed by atoms with Crippen LogP contribution in [0.5, 0.6) is 0 Å². The fraction of sp³-hybridized carbons (Fsp3) is 1.00. The lowest BCUT2D eigenvalue weighted by molar-refractivity contribution is -0.116. The van der Waals surface area contributed by atoms with Gasteiger partial charge in [-0.1, -0.05) is 24.4 Å². The van der Waals surface area contributed by atoms with E-state index in [1.807, 2.05) is 0 Å². The van der Waals surface area contributed by atoms with Crippen LogP contribution in [0.2, 0.25) is 0 Å². The lowest BCUT2D eigenvalue weighted by Crippen LogP contribution is -2.45. The molecule has 0 aromatic carbocycles. The summed E-state index contributed by atoms with van der Waals surface area (Å²) in [5, 5.41) is 26.8. The van der Waals surface area contributed by atoms with Crippen molar-refractivity contribution >= 4 is 7.75 Å². The van der Waals surface area contributed by atoms with Crippen molar-refractivity contribution in [1.82, 2.24) is 5.09 Å². The van der Waals surface area contributed by atoms with Crippen molar-refractivity contribution < 1.29 is 28.9 Å². The number of azide groups is 1. The highest BCUT2D eigenvalue weighted by Gasteiger charge is 2.56. The smallest absolute Gasteiger partial charge is 0.388 e. The summed E-state index contributed by atoms with van der Waals surface area (Å²) in [6.45, 7) is 4.40. The van der Waals surface area contributed by atoms with Gasteiger partial charge in [0.1, 0.15) is 12.2 Å². The highest BCUT2D eigenvalue weighted by atomic mass is 31.2. The normalized spacial score (nSPS) is 35.7. The molecule has 0 bridgehead atoms. The van der Waals surface area contributed by atoms with Crippen molar-refractivity contribution in [3.05, 3.63) is 10.4 Å². The van der Waals surface area contributed by atoms with Crippen LogP contribution in [0.3, 0.4) is 0 Å². The maximum Gasteiger partial charge on any atom is 0.403 e.